The summed E-state index contributed by atoms with van der Waals surface area (Å²) < 4.78 is 7.60. The fourth-order valence-electron chi connectivity index (χ4n) is 1.69. The Morgan fingerprint density at radius 1 is 1.29 bits per heavy atom. The van der Waals surface area contributed by atoms with E-state index in [1.165, 1.54) is 0 Å². The smallest absolute Gasteiger partial charge is 0.166 e. The quantitative estimate of drug-likeness (QED) is 0.810. The first-order valence-corrected chi connectivity index (χ1v) is 5.64. The van der Waals surface area contributed by atoms with E-state index < -0.39 is 0 Å². The van der Waals surface area contributed by atoms with E-state index in [-0.39, 0.29) is 12.2 Å². The van der Waals surface area contributed by atoms with Crippen LogP contribution in [-0.4, -0.2) is 25.9 Å². The van der Waals surface area contributed by atoms with Gasteiger partial charge in [-0.25, -0.2) is 0 Å². The van der Waals surface area contributed by atoms with Gasteiger partial charge in [0.05, 0.1) is 18.0 Å². The van der Waals surface area contributed by atoms with Gasteiger partial charge in [0.25, 0.3) is 0 Å². The molecule has 0 bridgehead atoms. The molecule has 5 nitrogen and oxygen atoms in total. The van der Waals surface area contributed by atoms with Gasteiger partial charge in [-0.1, -0.05) is 0 Å². The van der Waals surface area contributed by atoms with E-state index in [0.717, 1.165) is 11.5 Å². The number of hydrogen-bond acceptors (Lipinski definition) is 4. The van der Waals surface area contributed by atoms with Crippen molar-refractivity contribution in [1.82, 2.24) is 19.7 Å². The maximum absolute atomic E-state index is 5.71. The Balaban J connectivity index is 2.29. The summed E-state index contributed by atoms with van der Waals surface area (Å²) in [7, 11) is 0. The molecule has 0 aliphatic carbocycles. The molecule has 2 heterocycles. The minimum atomic E-state index is -0.0993. The van der Waals surface area contributed by atoms with Crippen molar-refractivity contribution in [1.29, 1.82) is 0 Å². The number of pyridine rings is 1. The molecule has 0 N–H and O–H groups in total. The van der Waals surface area contributed by atoms with E-state index in [1.807, 2.05) is 37.5 Å². The Kier molecular flexibility index (Phi) is 3.49. The first kappa shape index (κ1) is 11.7. The summed E-state index contributed by atoms with van der Waals surface area (Å²) in [5.74, 6) is 0.784. The third-order valence-corrected chi connectivity index (χ3v) is 2.34. The lowest BCUT2D eigenvalue weighted by atomic mass is 10.3. The summed E-state index contributed by atoms with van der Waals surface area (Å²) in [5.41, 5.74) is 0.937. The van der Waals surface area contributed by atoms with E-state index in [1.54, 1.807) is 18.7 Å². The Morgan fingerprint density at radius 2 is 2.12 bits per heavy atom. The molecule has 0 fully saturated rings. The van der Waals surface area contributed by atoms with Crippen molar-refractivity contribution in [2.24, 2.45) is 0 Å². The molecule has 0 radical (unpaired) electrons. The average molecular weight is 232 g/mol. The fraction of sp³-hybridized carbons (Fsp3) is 0.417. The third kappa shape index (κ3) is 2.68. The van der Waals surface area contributed by atoms with Gasteiger partial charge in [-0.2, -0.15) is 0 Å². The van der Waals surface area contributed by atoms with Crippen LogP contribution >= 0.6 is 0 Å². The van der Waals surface area contributed by atoms with Crippen LogP contribution in [0.15, 0.2) is 30.9 Å². The van der Waals surface area contributed by atoms with Crippen molar-refractivity contribution in [2.75, 3.05) is 0 Å². The molecule has 2 aromatic rings. The summed E-state index contributed by atoms with van der Waals surface area (Å²) in [6.07, 6.45) is 5.24. The molecule has 0 saturated carbocycles. The third-order valence-electron chi connectivity index (χ3n) is 2.34. The number of aromatic nitrogens is 4. The van der Waals surface area contributed by atoms with Gasteiger partial charge in [-0.15, -0.1) is 10.2 Å². The van der Waals surface area contributed by atoms with Gasteiger partial charge in [0.2, 0.25) is 0 Å². The van der Waals surface area contributed by atoms with E-state index in [0.29, 0.717) is 0 Å². The van der Waals surface area contributed by atoms with Crippen LogP contribution in [0.5, 0.6) is 0 Å². The highest BCUT2D eigenvalue weighted by molar-refractivity contribution is 5.28. The van der Waals surface area contributed by atoms with Crippen LogP contribution in [0, 0.1) is 0 Å². The van der Waals surface area contributed by atoms with Crippen LogP contribution in [0.3, 0.4) is 0 Å². The lowest BCUT2D eigenvalue weighted by Gasteiger charge is -2.16. The zero-order valence-corrected chi connectivity index (χ0v) is 10.2. The number of nitrogens with zero attached hydrogens (tertiary/aromatic N) is 4. The number of rotatable bonds is 4. The predicted octanol–water partition coefficient (Wildman–Crippen LogP) is 2.15. The summed E-state index contributed by atoms with van der Waals surface area (Å²) in [5, 5.41) is 8.04. The fourth-order valence-corrected chi connectivity index (χ4v) is 1.69. The molecule has 17 heavy (non-hydrogen) atoms. The van der Waals surface area contributed by atoms with E-state index >= 15 is 0 Å². The molecule has 0 amide bonds. The zero-order valence-electron chi connectivity index (χ0n) is 10.2. The summed E-state index contributed by atoms with van der Waals surface area (Å²) in [6, 6.07) is 3.84. The summed E-state index contributed by atoms with van der Waals surface area (Å²) in [6.45, 7) is 5.97. The predicted molar refractivity (Wildman–Crippen MR) is 63.8 cm³/mol. The van der Waals surface area contributed by atoms with Crippen LogP contribution in [0.25, 0.3) is 5.69 Å². The van der Waals surface area contributed by atoms with Crippen LogP contribution < -0.4 is 0 Å². The lowest BCUT2D eigenvalue weighted by molar-refractivity contribution is 0.0119. The monoisotopic (exact) mass is 232 g/mol. The second-order valence-electron chi connectivity index (χ2n) is 4.10. The average Bonchev–Trinajstić information content (AvgIpc) is 2.78. The first-order chi connectivity index (χ1) is 8.18. The highest BCUT2D eigenvalue weighted by Crippen LogP contribution is 2.18. The minimum absolute atomic E-state index is 0.0993. The molecule has 0 aliphatic heterocycles. The lowest BCUT2D eigenvalue weighted by Crippen LogP contribution is -2.12. The maximum Gasteiger partial charge on any atom is 0.166 e. The first-order valence-electron chi connectivity index (χ1n) is 5.64. The molecule has 90 valence electrons. The standard InChI is InChI=1S/C12H16N4O/c1-9(2)17-10(3)12-15-14-8-16(12)11-5-4-6-13-7-11/h4-10H,1-3H3/t10-/m1/s1. The molecular weight excluding hydrogens is 216 g/mol. The van der Waals surface area contributed by atoms with Crippen molar-refractivity contribution >= 4 is 0 Å². The van der Waals surface area contributed by atoms with Crippen molar-refractivity contribution in [3.63, 3.8) is 0 Å². The van der Waals surface area contributed by atoms with Gasteiger partial charge < -0.3 is 4.74 Å². The van der Waals surface area contributed by atoms with Gasteiger partial charge in [-0.05, 0) is 32.9 Å². The van der Waals surface area contributed by atoms with E-state index in [2.05, 4.69) is 15.2 Å². The Hall–Kier alpha value is -1.75. The molecule has 0 saturated heterocycles. The molecule has 0 aliphatic rings. The highest BCUT2D eigenvalue weighted by Gasteiger charge is 2.15. The van der Waals surface area contributed by atoms with Crippen LogP contribution in [-0.2, 0) is 4.74 Å². The highest BCUT2D eigenvalue weighted by atomic mass is 16.5. The SMILES string of the molecule is CC(C)O[C@H](C)c1nncn1-c1cccnc1. The van der Waals surface area contributed by atoms with Gasteiger partial charge in [-0.3, -0.25) is 9.55 Å². The molecular formula is C12H16N4O. The van der Waals surface area contributed by atoms with Gasteiger partial charge in [0.1, 0.15) is 12.4 Å². The zero-order chi connectivity index (χ0) is 12.3. The molecule has 5 heteroatoms. The van der Waals surface area contributed by atoms with Gasteiger partial charge in [0.15, 0.2) is 5.82 Å². The Morgan fingerprint density at radius 3 is 2.76 bits per heavy atom. The summed E-state index contributed by atoms with van der Waals surface area (Å²) >= 11 is 0. The van der Waals surface area contributed by atoms with Crippen molar-refractivity contribution in [2.45, 2.75) is 33.0 Å². The topological polar surface area (TPSA) is 52.8 Å². The largest absolute Gasteiger partial charge is 0.368 e. The molecule has 2 rings (SSSR count). The van der Waals surface area contributed by atoms with Crippen molar-refractivity contribution in [3.05, 3.63) is 36.7 Å². The van der Waals surface area contributed by atoms with Crippen LogP contribution in [0.1, 0.15) is 32.7 Å². The number of hydrogen-bond donors (Lipinski definition) is 0. The Bertz CT molecular complexity index is 466. The minimum Gasteiger partial charge on any atom is -0.368 e. The second kappa shape index (κ2) is 5.05. The van der Waals surface area contributed by atoms with Gasteiger partial charge >= 0.3 is 0 Å². The van der Waals surface area contributed by atoms with Gasteiger partial charge in [0, 0.05) is 6.20 Å². The molecule has 0 unspecified atom stereocenters. The normalized spacial score (nSPS) is 12.9. The van der Waals surface area contributed by atoms with Crippen molar-refractivity contribution < 1.29 is 4.74 Å². The molecule has 1 atom stereocenters. The number of ether oxygens (including phenoxy) is 1. The second-order valence-corrected chi connectivity index (χ2v) is 4.10. The van der Waals surface area contributed by atoms with E-state index in [4.69, 9.17) is 4.74 Å². The molecule has 0 spiro atoms. The Labute approximate surface area is 100 Å². The molecule has 0 aromatic carbocycles. The molecule has 2 aromatic heterocycles. The van der Waals surface area contributed by atoms with Crippen molar-refractivity contribution in [3.8, 4) is 5.69 Å². The summed E-state index contributed by atoms with van der Waals surface area (Å²) in [4.78, 5) is 4.08. The van der Waals surface area contributed by atoms with Crippen LogP contribution in [0.4, 0.5) is 0 Å². The van der Waals surface area contributed by atoms with E-state index in [9.17, 15) is 0 Å². The van der Waals surface area contributed by atoms with Crippen LogP contribution in [0.2, 0.25) is 0 Å². The maximum atomic E-state index is 5.71.